The lowest BCUT2D eigenvalue weighted by Gasteiger charge is -2.02. The summed E-state index contributed by atoms with van der Waals surface area (Å²) in [6.07, 6.45) is 5.06. The topological polar surface area (TPSA) is 55.1 Å². The quantitative estimate of drug-likeness (QED) is 0.523. The highest BCUT2D eigenvalue weighted by atomic mass is 16.1. The highest BCUT2D eigenvalue weighted by molar-refractivity contribution is 5.92. The zero-order valence-corrected chi connectivity index (χ0v) is 7.08. The summed E-state index contributed by atoms with van der Waals surface area (Å²) in [7, 11) is 0. The molecule has 0 radical (unpaired) electrons. The molecule has 3 nitrogen and oxygen atoms in total. The number of terminal acetylenes is 1. The Morgan fingerprint density at radius 2 is 2.08 bits per heavy atom. The molecule has 3 heteroatoms. The van der Waals surface area contributed by atoms with Crippen LogP contribution in [0.4, 0.5) is 11.4 Å². The number of rotatable bonds is 2. The first-order valence-corrected chi connectivity index (χ1v) is 3.81. The summed E-state index contributed by atoms with van der Waals surface area (Å²) in [5, 5.41) is 2.63. The van der Waals surface area contributed by atoms with Gasteiger partial charge in [0.2, 0.25) is 5.91 Å². The van der Waals surface area contributed by atoms with E-state index in [-0.39, 0.29) is 12.3 Å². The minimum atomic E-state index is -0.188. The van der Waals surface area contributed by atoms with Gasteiger partial charge in [-0.2, -0.15) is 0 Å². The zero-order valence-electron chi connectivity index (χ0n) is 7.08. The summed E-state index contributed by atoms with van der Waals surface area (Å²) in [6, 6.07) is 6.88. The Labute approximate surface area is 76.9 Å². The molecule has 0 atom stereocenters. The van der Waals surface area contributed by atoms with Crippen molar-refractivity contribution in [1.29, 1.82) is 0 Å². The lowest BCUT2D eigenvalue weighted by atomic mass is 10.3. The number of nitrogens with two attached hydrogens (primary N) is 1. The molecule has 0 aliphatic heterocycles. The van der Waals surface area contributed by atoms with Gasteiger partial charge in [-0.15, -0.1) is 6.42 Å². The molecule has 3 N–H and O–H groups in total. The van der Waals surface area contributed by atoms with E-state index in [0.29, 0.717) is 11.4 Å². The van der Waals surface area contributed by atoms with Crippen molar-refractivity contribution in [1.82, 2.24) is 0 Å². The number of amides is 1. The van der Waals surface area contributed by atoms with Crippen LogP contribution in [-0.2, 0) is 4.79 Å². The van der Waals surface area contributed by atoms with Gasteiger partial charge in [0.25, 0.3) is 0 Å². The summed E-state index contributed by atoms with van der Waals surface area (Å²) in [5.74, 6) is 2.07. The Hall–Kier alpha value is -1.95. The molecule has 0 aliphatic rings. The first-order chi connectivity index (χ1) is 6.22. The molecule has 1 rings (SSSR count). The largest absolute Gasteiger partial charge is 0.399 e. The third-order valence-electron chi connectivity index (χ3n) is 1.46. The van der Waals surface area contributed by atoms with Gasteiger partial charge in [-0.3, -0.25) is 4.79 Å². The summed E-state index contributed by atoms with van der Waals surface area (Å²) in [5.41, 5.74) is 6.84. The lowest BCUT2D eigenvalue weighted by molar-refractivity contribution is -0.115. The fourth-order valence-corrected chi connectivity index (χ4v) is 0.864. The Bertz CT molecular complexity index is 335. The van der Waals surface area contributed by atoms with Crippen molar-refractivity contribution in [3.63, 3.8) is 0 Å². The third-order valence-corrected chi connectivity index (χ3v) is 1.46. The number of benzene rings is 1. The molecule has 1 aromatic rings. The number of hydrogen-bond donors (Lipinski definition) is 2. The maximum atomic E-state index is 11.0. The van der Waals surface area contributed by atoms with Gasteiger partial charge in [-0.1, -0.05) is 5.92 Å². The van der Waals surface area contributed by atoms with E-state index in [2.05, 4.69) is 11.2 Å². The van der Waals surface area contributed by atoms with Crippen LogP contribution in [0.25, 0.3) is 0 Å². The van der Waals surface area contributed by atoms with Crippen molar-refractivity contribution < 1.29 is 4.79 Å². The lowest BCUT2D eigenvalue weighted by Crippen LogP contribution is -2.09. The number of nitrogen functional groups attached to an aromatic ring is 1. The minimum Gasteiger partial charge on any atom is -0.399 e. The second kappa shape index (κ2) is 4.17. The molecule has 0 spiro atoms. The predicted molar refractivity (Wildman–Crippen MR) is 52.9 cm³/mol. The summed E-state index contributed by atoms with van der Waals surface area (Å²) in [6.45, 7) is 0. The van der Waals surface area contributed by atoms with E-state index < -0.39 is 0 Å². The van der Waals surface area contributed by atoms with Gasteiger partial charge in [0, 0.05) is 11.4 Å². The van der Waals surface area contributed by atoms with E-state index in [1.54, 1.807) is 24.3 Å². The van der Waals surface area contributed by atoms with Crippen LogP contribution in [0.15, 0.2) is 24.3 Å². The van der Waals surface area contributed by atoms with Crippen LogP contribution in [0.3, 0.4) is 0 Å². The molecule has 0 unspecified atom stereocenters. The van der Waals surface area contributed by atoms with E-state index in [1.165, 1.54) is 0 Å². The normalized spacial score (nSPS) is 8.85. The average molecular weight is 174 g/mol. The fourth-order valence-electron chi connectivity index (χ4n) is 0.864. The molecule has 13 heavy (non-hydrogen) atoms. The molecule has 66 valence electrons. The van der Waals surface area contributed by atoms with Gasteiger partial charge >= 0.3 is 0 Å². The van der Waals surface area contributed by atoms with Gasteiger partial charge in [0.1, 0.15) is 0 Å². The van der Waals surface area contributed by atoms with Crippen LogP contribution < -0.4 is 11.1 Å². The first-order valence-electron chi connectivity index (χ1n) is 3.81. The maximum Gasteiger partial charge on any atom is 0.236 e. The van der Waals surface area contributed by atoms with E-state index in [0.717, 1.165) is 0 Å². The molecular weight excluding hydrogens is 164 g/mol. The standard InChI is InChI=1S/C10H10N2O/c1-2-3-10(13)12-9-6-4-8(11)5-7-9/h1,4-7H,3,11H2,(H,12,13). The van der Waals surface area contributed by atoms with E-state index in [4.69, 9.17) is 12.2 Å². The molecule has 0 bridgehead atoms. The van der Waals surface area contributed by atoms with Gasteiger partial charge in [-0.25, -0.2) is 0 Å². The van der Waals surface area contributed by atoms with Crippen molar-refractivity contribution in [2.75, 3.05) is 11.1 Å². The smallest absolute Gasteiger partial charge is 0.236 e. The van der Waals surface area contributed by atoms with Crippen LogP contribution >= 0.6 is 0 Å². The SMILES string of the molecule is C#CCC(=O)Nc1ccc(N)cc1. The van der Waals surface area contributed by atoms with Gasteiger partial charge in [0.05, 0.1) is 6.42 Å². The minimum absolute atomic E-state index is 0.0877. The maximum absolute atomic E-state index is 11.0. The Morgan fingerprint density at radius 3 is 2.62 bits per heavy atom. The molecule has 0 aromatic heterocycles. The number of carbonyl (C=O) groups is 1. The third kappa shape index (κ3) is 2.88. The molecule has 0 fully saturated rings. The van der Waals surface area contributed by atoms with Crippen LogP contribution in [-0.4, -0.2) is 5.91 Å². The average Bonchev–Trinajstić information content (AvgIpc) is 2.09. The molecule has 1 aromatic carbocycles. The van der Waals surface area contributed by atoms with E-state index in [1.807, 2.05) is 0 Å². The highest BCUT2D eigenvalue weighted by Crippen LogP contribution is 2.10. The van der Waals surface area contributed by atoms with E-state index >= 15 is 0 Å². The summed E-state index contributed by atoms with van der Waals surface area (Å²) >= 11 is 0. The number of carbonyl (C=O) groups excluding carboxylic acids is 1. The van der Waals surface area contributed by atoms with Crippen LogP contribution in [0, 0.1) is 12.3 Å². The monoisotopic (exact) mass is 174 g/mol. The summed E-state index contributed by atoms with van der Waals surface area (Å²) < 4.78 is 0. The van der Waals surface area contributed by atoms with Crippen LogP contribution in [0.2, 0.25) is 0 Å². The van der Waals surface area contributed by atoms with Crippen LogP contribution in [0.1, 0.15) is 6.42 Å². The predicted octanol–water partition coefficient (Wildman–Crippen LogP) is 1.23. The van der Waals surface area contributed by atoms with Crippen molar-refractivity contribution in [2.24, 2.45) is 0 Å². The van der Waals surface area contributed by atoms with E-state index in [9.17, 15) is 4.79 Å². The highest BCUT2D eigenvalue weighted by Gasteiger charge is 1.98. The summed E-state index contributed by atoms with van der Waals surface area (Å²) in [4.78, 5) is 11.0. The number of nitrogens with one attached hydrogen (secondary N) is 1. The molecular formula is C10H10N2O. The van der Waals surface area contributed by atoms with Crippen LogP contribution in [0.5, 0.6) is 0 Å². The Kier molecular flexibility index (Phi) is 2.93. The second-order valence-electron chi connectivity index (χ2n) is 2.55. The Morgan fingerprint density at radius 1 is 1.46 bits per heavy atom. The molecule has 0 heterocycles. The van der Waals surface area contributed by atoms with Gasteiger partial charge < -0.3 is 11.1 Å². The van der Waals surface area contributed by atoms with Crippen molar-refractivity contribution in [3.8, 4) is 12.3 Å². The van der Waals surface area contributed by atoms with Crippen molar-refractivity contribution in [2.45, 2.75) is 6.42 Å². The first kappa shape index (κ1) is 9.14. The number of anilines is 2. The molecule has 0 saturated carbocycles. The molecule has 1 amide bonds. The van der Waals surface area contributed by atoms with Gasteiger partial charge in [0.15, 0.2) is 0 Å². The Balaban J connectivity index is 2.60. The van der Waals surface area contributed by atoms with Crippen molar-refractivity contribution >= 4 is 17.3 Å². The van der Waals surface area contributed by atoms with Crippen molar-refractivity contribution in [3.05, 3.63) is 24.3 Å². The fraction of sp³-hybridized carbons (Fsp3) is 0.100. The number of hydrogen-bond acceptors (Lipinski definition) is 2. The molecule has 0 saturated heterocycles. The van der Waals surface area contributed by atoms with Gasteiger partial charge in [-0.05, 0) is 24.3 Å². The zero-order chi connectivity index (χ0) is 9.68. The second-order valence-corrected chi connectivity index (χ2v) is 2.55. The molecule has 0 aliphatic carbocycles.